The Morgan fingerprint density at radius 3 is 2.22 bits per heavy atom. The van der Waals surface area contributed by atoms with Crippen molar-refractivity contribution in [2.24, 2.45) is 0 Å². The van der Waals surface area contributed by atoms with Crippen molar-refractivity contribution in [3.8, 4) is 0 Å². The van der Waals surface area contributed by atoms with Crippen LogP contribution in [-0.4, -0.2) is 4.98 Å². The fraction of sp³-hybridized carbons (Fsp3) is 0.450. The molecule has 0 amide bonds. The van der Waals surface area contributed by atoms with Crippen LogP contribution in [0.4, 0.5) is 11.6 Å². The summed E-state index contributed by atoms with van der Waals surface area (Å²) in [5.74, 6) is 1.35. The fourth-order valence-electron chi connectivity index (χ4n) is 2.63. The molecule has 0 unspecified atom stereocenters. The molecule has 1 aromatic heterocycles. The number of nitrogens with zero attached hydrogens (tertiary/aromatic N) is 1. The summed E-state index contributed by atoms with van der Waals surface area (Å²) in [6, 6.07) is 12.5. The van der Waals surface area contributed by atoms with Crippen LogP contribution < -0.4 is 11.1 Å². The van der Waals surface area contributed by atoms with Crippen LogP contribution in [0.2, 0.25) is 0 Å². The summed E-state index contributed by atoms with van der Waals surface area (Å²) >= 11 is 0. The molecule has 3 nitrogen and oxygen atoms in total. The van der Waals surface area contributed by atoms with E-state index in [0.717, 1.165) is 12.4 Å². The maximum absolute atomic E-state index is 5.74. The van der Waals surface area contributed by atoms with Crippen molar-refractivity contribution in [3.05, 3.63) is 53.1 Å². The molecule has 0 aliphatic heterocycles. The SMILES string of the molecule is CC(C)(C)c1ccc(CNc2cccc(N)n2)c(C(C)(C)C)c1. The zero-order chi connectivity index (χ0) is 17.3. The second-order valence-electron chi connectivity index (χ2n) is 8.17. The number of anilines is 2. The zero-order valence-corrected chi connectivity index (χ0v) is 15.2. The third-order valence-electron chi connectivity index (χ3n) is 4.01. The lowest BCUT2D eigenvalue weighted by atomic mass is 9.78. The van der Waals surface area contributed by atoms with Gasteiger partial charge in [0.05, 0.1) is 0 Å². The van der Waals surface area contributed by atoms with Crippen molar-refractivity contribution >= 4 is 11.6 Å². The third kappa shape index (κ3) is 4.47. The Balaban J connectivity index is 2.31. The molecule has 0 fully saturated rings. The number of nitrogen functional groups attached to an aromatic ring is 1. The predicted octanol–water partition coefficient (Wildman–Crippen LogP) is 4.87. The average Bonchev–Trinajstić information content (AvgIpc) is 2.43. The van der Waals surface area contributed by atoms with Crippen LogP contribution in [-0.2, 0) is 17.4 Å². The lowest BCUT2D eigenvalue weighted by Gasteiger charge is -2.27. The Hall–Kier alpha value is -2.03. The summed E-state index contributed by atoms with van der Waals surface area (Å²) in [5.41, 5.74) is 10.0. The zero-order valence-electron chi connectivity index (χ0n) is 15.2. The van der Waals surface area contributed by atoms with E-state index in [1.807, 2.05) is 12.1 Å². The normalized spacial score (nSPS) is 12.3. The van der Waals surface area contributed by atoms with Gasteiger partial charge < -0.3 is 11.1 Å². The summed E-state index contributed by atoms with van der Waals surface area (Å²) < 4.78 is 0. The summed E-state index contributed by atoms with van der Waals surface area (Å²) in [6.07, 6.45) is 0. The molecule has 2 aromatic rings. The highest BCUT2D eigenvalue weighted by atomic mass is 15.0. The summed E-state index contributed by atoms with van der Waals surface area (Å²) in [5, 5.41) is 3.38. The molecule has 0 aliphatic carbocycles. The first-order valence-electron chi connectivity index (χ1n) is 8.18. The molecule has 23 heavy (non-hydrogen) atoms. The van der Waals surface area contributed by atoms with Gasteiger partial charge in [0.25, 0.3) is 0 Å². The maximum atomic E-state index is 5.74. The highest BCUT2D eigenvalue weighted by Crippen LogP contribution is 2.31. The van der Waals surface area contributed by atoms with Crippen molar-refractivity contribution in [2.75, 3.05) is 11.1 Å². The van der Waals surface area contributed by atoms with E-state index in [-0.39, 0.29) is 10.8 Å². The number of hydrogen-bond acceptors (Lipinski definition) is 3. The van der Waals surface area contributed by atoms with E-state index in [2.05, 4.69) is 70.0 Å². The molecule has 1 heterocycles. The van der Waals surface area contributed by atoms with Crippen LogP contribution in [0.3, 0.4) is 0 Å². The van der Waals surface area contributed by atoms with Gasteiger partial charge in [0.15, 0.2) is 0 Å². The molecule has 0 bridgehead atoms. The molecular formula is C20H29N3. The molecule has 2 rings (SSSR count). The summed E-state index contributed by atoms with van der Waals surface area (Å²) in [4.78, 5) is 4.30. The van der Waals surface area contributed by atoms with E-state index < -0.39 is 0 Å². The maximum Gasteiger partial charge on any atom is 0.128 e. The highest BCUT2D eigenvalue weighted by Gasteiger charge is 2.22. The van der Waals surface area contributed by atoms with Gasteiger partial charge in [-0.15, -0.1) is 0 Å². The van der Waals surface area contributed by atoms with E-state index in [0.29, 0.717) is 5.82 Å². The first-order chi connectivity index (χ1) is 10.6. The minimum absolute atomic E-state index is 0.0986. The molecule has 0 atom stereocenters. The standard InChI is InChI=1S/C20H29N3/c1-19(2,3)15-11-10-14(16(12-15)20(4,5)6)13-22-18-9-7-8-17(21)23-18/h7-12H,13H2,1-6H3,(H3,21,22,23). The molecule has 0 saturated heterocycles. The quantitative estimate of drug-likeness (QED) is 0.850. The molecule has 0 radical (unpaired) electrons. The number of benzene rings is 1. The van der Waals surface area contributed by atoms with Gasteiger partial charge in [-0.3, -0.25) is 0 Å². The van der Waals surface area contributed by atoms with Gasteiger partial charge in [0, 0.05) is 6.54 Å². The molecular weight excluding hydrogens is 282 g/mol. The van der Waals surface area contributed by atoms with Crippen molar-refractivity contribution in [3.63, 3.8) is 0 Å². The van der Waals surface area contributed by atoms with E-state index in [1.165, 1.54) is 16.7 Å². The first kappa shape index (κ1) is 17.3. The summed E-state index contributed by atoms with van der Waals surface area (Å²) in [6.45, 7) is 14.3. The molecule has 0 saturated carbocycles. The third-order valence-corrected chi connectivity index (χ3v) is 4.01. The Kier molecular flexibility index (Phi) is 4.69. The monoisotopic (exact) mass is 311 g/mol. The second-order valence-corrected chi connectivity index (χ2v) is 8.17. The van der Waals surface area contributed by atoms with Crippen LogP contribution >= 0.6 is 0 Å². The van der Waals surface area contributed by atoms with E-state index in [9.17, 15) is 0 Å². The van der Waals surface area contributed by atoms with E-state index in [1.54, 1.807) is 6.07 Å². The van der Waals surface area contributed by atoms with Gasteiger partial charge in [0.2, 0.25) is 0 Å². The molecule has 3 N–H and O–H groups in total. The Morgan fingerprint density at radius 2 is 1.65 bits per heavy atom. The molecule has 3 heteroatoms. The number of pyridine rings is 1. The number of aromatic nitrogens is 1. The van der Waals surface area contributed by atoms with Crippen molar-refractivity contribution in [1.29, 1.82) is 0 Å². The number of nitrogens with two attached hydrogens (primary N) is 1. The number of rotatable bonds is 3. The second kappa shape index (κ2) is 6.23. The smallest absolute Gasteiger partial charge is 0.128 e. The fourth-order valence-corrected chi connectivity index (χ4v) is 2.63. The first-order valence-corrected chi connectivity index (χ1v) is 8.18. The van der Waals surface area contributed by atoms with Crippen LogP contribution in [0, 0.1) is 0 Å². The highest BCUT2D eigenvalue weighted by molar-refractivity contribution is 5.45. The van der Waals surface area contributed by atoms with Gasteiger partial charge in [-0.05, 0) is 39.7 Å². The summed E-state index contributed by atoms with van der Waals surface area (Å²) in [7, 11) is 0. The van der Waals surface area contributed by atoms with Crippen molar-refractivity contribution < 1.29 is 0 Å². The largest absolute Gasteiger partial charge is 0.384 e. The van der Waals surface area contributed by atoms with Gasteiger partial charge in [-0.2, -0.15) is 0 Å². The van der Waals surface area contributed by atoms with Gasteiger partial charge in [0.1, 0.15) is 11.6 Å². The lowest BCUT2D eigenvalue weighted by molar-refractivity contribution is 0.564. The number of nitrogens with one attached hydrogen (secondary N) is 1. The molecule has 1 aromatic carbocycles. The molecule has 124 valence electrons. The van der Waals surface area contributed by atoms with Crippen LogP contribution in [0.25, 0.3) is 0 Å². The van der Waals surface area contributed by atoms with Crippen molar-refractivity contribution in [1.82, 2.24) is 4.98 Å². The van der Waals surface area contributed by atoms with Crippen LogP contribution in [0.1, 0.15) is 58.2 Å². The topological polar surface area (TPSA) is 50.9 Å². The Morgan fingerprint density at radius 1 is 0.957 bits per heavy atom. The van der Waals surface area contributed by atoms with E-state index in [4.69, 9.17) is 5.73 Å². The number of hydrogen-bond donors (Lipinski definition) is 2. The minimum atomic E-state index is 0.0986. The predicted molar refractivity (Wildman–Crippen MR) is 99.8 cm³/mol. The Bertz CT molecular complexity index is 676. The Labute approximate surface area is 140 Å². The molecule has 0 aliphatic rings. The van der Waals surface area contributed by atoms with Gasteiger partial charge in [-0.1, -0.05) is 65.8 Å². The van der Waals surface area contributed by atoms with Crippen LogP contribution in [0.5, 0.6) is 0 Å². The lowest BCUT2D eigenvalue weighted by Crippen LogP contribution is -2.19. The average molecular weight is 311 g/mol. The minimum Gasteiger partial charge on any atom is -0.384 e. The van der Waals surface area contributed by atoms with Crippen LogP contribution in [0.15, 0.2) is 36.4 Å². The van der Waals surface area contributed by atoms with Gasteiger partial charge in [-0.25, -0.2) is 4.98 Å². The molecule has 0 spiro atoms. The van der Waals surface area contributed by atoms with E-state index >= 15 is 0 Å². The van der Waals surface area contributed by atoms with Crippen molar-refractivity contribution in [2.45, 2.75) is 58.9 Å². The van der Waals surface area contributed by atoms with Gasteiger partial charge >= 0.3 is 0 Å².